The molecule has 1 amide bonds. The molecule has 1 N–H and O–H groups in total. The number of fused-ring (bicyclic) bond motifs is 2. The fourth-order valence-corrected chi connectivity index (χ4v) is 3.63. The lowest BCUT2D eigenvalue weighted by atomic mass is 9.99. The minimum absolute atomic E-state index is 0.173. The third-order valence-corrected chi connectivity index (χ3v) is 5.43. The topological polar surface area (TPSA) is 113 Å². The second-order valence-electron chi connectivity index (χ2n) is 6.82. The molecule has 0 saturated heterocycles. The predicted octanol–water partition coefficient (Wildman–Crippen LogP) is 2.69. The smallest absolute Gasteiger partial charge is 0.340 e. The van der Waals surface area contributed by atoms with Crippen molar-refractivity contribution in [2.75, 3.05) is 6.54 Å². The lowest BCUT2D eigenvalue weighted by Crippen LogP contribution is -2.38. The van der Waals surface area contributed by atoms with Gasteiger partial charge in [-0.15, -0.1) is 0 Å². The van der Waals surface area contributed by atoms with E-state index in [4.69, 9.17) is 8.83 Å². The molecule has 0 unspecified atom stereocenters. The molecule has 8 heteroatoms. The Balaban J connectivity index is 1.81. The Hall–Kier alpha value is -3.39. The largest absolute Gasteiger partial charge is 0.548 e. The van der Waals surface area contributed by atoms with Gasteiger partial charge in [0.2, 0.25) is 5.91 Å². The SMILES string of the molecule is Cc1c(CC(=O)NCC(=O)[O-])c(=O)oc2cc3occ(-c4ccc(Br)cc4)c3cc12. The molecule has 152 valence electrons. The number of benzene rings is 2. The molecular weight excluding hydrogens is 454 g/mol. The summed E-state index contributed by atoms with van der Waals surface area (Å²) in [5.74, 6) is -2.01. The third kappa shape index (κ3) is 3.73. The first-order valence-corrected chi connectivity index (χ1v) is 9.83. The summed E-state index contributed by atoms with van der Waals surface area (Å²) in [6, 6.07) is 11.3. The molecule has 0 spiro atoms. The molecule has 0 aliphatic rings. The molecule has 0 fully saturated rings. The molecule has 0 aliphatic carbocycles. The summed E-state index contributed by atoms with van der Waals surface area (Å²) in [6.07, 6.45) is 1.36. The Labute approximate surface area is 178 Å². The number of furan rings is 1. The van der Waals surface area contributed by atoms with Gasteiger partial charge in [-0.2, -0.15) is 0 Å². The normalized spacial score (nSPS) is 11.1. The maximum atomic E-state index is 12.4. The highest BCUT2D eigenvalue weighted by Crippen LogP contribution is 2.35. The van der Waals surface area contributed by atoms with Crippen molar-refractivity contribution in [2.45, 2.75) is 13.3 Å². The highest BCUT2D eigenvalue weighted by molar-refractivity contribution is 9.10. The monoisotopic (exact) mass is 468 g/mol. The van der Waals surface area contributed by atoms with Gasteiger partial charge in [0.25, 0.3) is 0 Å². The Morgan fingerprint density at radius 1 is 1.10 bits per heavy atom. The van der Waals surface area contributed by atoms with E-state index in [1.807, 2.05) is 30.3 Å². The quantitative estimate of drug-likeness (QED) is 0.450. The van der Waals surface area contributed by atoms with Crippen LogP contribution in [0.25, 0.3) is 33.1 Å². The van der Waals surface area contributed by atoms with E-state index < -0.39 is 24.0 Å². The number of aryl methyl sites for hydroxylation is 1. The number of amides is 1. The molecule has 4 aromatic rings. The minimum Gasteiger partial charge on any atom is -0.548 e. The van der Waals surface area contributed by atoms with E-state index in [0.717, 1.165) is 21.0 Å². The van der Waals surface area contributed by atoms with Gasteiger partial charge >= 0.3 is 5.63 Å². The van der Waals surface area contributed by atoms with Crippen LogP contribution in [0.3, 0.4) is 0 Å². The van der Waals surface area contributed by atoms with Gasteiger partial charge in [-0.05, 0) is 36.2 Å². The molecule has 2 heterocycles. The number of halogens is 1. The number of carboxylic acid groups (broad SMARTS) is 1. The molecule has 7 nitrogen and oxygen atoms in total. The van der Waals surface area contributed by atoms with E-state index in [9.17, 15) is 19.5 Å². The zero-order valence-electron chi connectivity index (χ0n) is 15.8. The molecular formula is C22H15BrNO6-. The number of hydrogen-bond acceptors (Lipinski definition) is 6. The maximum Gasteiger partial charge on any atom is 0.340 e. The van der Waals surface area contributed by atoms with E-state index >= 15 is 0 Å². The van der Waals surface area contributed by atoms with Crippen LogP contribution in [0, 0.1) is 6.92 Å². The molecule has 0 atom stereocenters. The summed E-state index contributed by atoms with van der Waals surface area (Å²) in [5.41, 5.74) is 2.89. The van der Waals surface area contributed by atoms with Gasteiger partial charge < -0.3 is 24.1 Å². The summed E-state index contributed by atoms with van der Waals surface area (Å²) >= 11 is 3.42. The van der Waals surface area contributed by atoms with Gasteiger partial charge in [0.15, 0.2) is 0 Å². The van der Waals surface area contributed by atoms with E-state index in [2.05, 4.69) is 21.2 Å². The number of carbonyl (C=O) groups excluding carboxylic acids is 2. The average Bonchev–Trinajstić information content (AvgIpc) is 3.12. The Bertz CT molecular complexity index is 1350. The first kappa shape index (κ1) is 19.9. The van der Waals surface area contributed by atoms with Crippen LogP contribution in [0.2, 0.25) is 0 Å². The molecule has 2 aromatic carbocycles. The van der Waals surface area contributed by atoms with Gasteiger partial charge in [-0.3, -0.25) is 4.79 Å². The zero-order valence-corrected chi connectivity index (χ0v) is 17.4. The van der Waals surface area contributed by atoms with E-state index in [1.54, 1.807) is 19.3 Å². The summed E-state index contributed by atoms with van der Waals surface area (Å²) in [5, 5.41) is 14.2. The second-order valence-corrected chi connectivity index (χ2v) is 7.74. The number of nitrogens with one attached hydrogen (secondary N) is 1. The van der Waals surface area contributed by atoms with Crippen molar-refractivity contribution in [3.63, 3.8) is 0 Å². The molecule has 2 aromatic heterocycles. The Morgan fingerprint density at radius 3 is 2.53 bits per heavy atom. The van der Waals surface area contributed by atoms with Crippen LogP contribution in [-0.2, 0) is 16.0 Å². The zero-order chi connectivity index (χ0) is 21.4. The predicted molar refractivity (Wildman–Crippen MR) is 112 cm³/mol. The van der Waals surface area contributed by atoms with Crippen LogP contribution >= 0.6 is 15.9 Å². The molecule has 0 aliphatic heterocycles. The summed E-state index contributed by atoms with van der Waals surface area (Å²) < 4.78 is 12.0. The van der Waals surface area contributed by atoms with Gasteiger partial charge in [0, 0.05) is 26.9 Å². The fraction of sp³-hybridized carbons (Fsp3) is 0.136. The number of carbonyl (C=O) groups is 2. The third-order valence-electron chi connectivity index (χ3n) is 4.90. The average molecular weight is 469 g/mol. The van der Waals surface area contributed by atoms with Crippen LogP contribution in [0.1, 0.15) is 11.1 Å². The van der Waals surface area contributed by atoms with Crippen LogP contribution in [-0.4, -0.2) is 18.4 Å². The number of rotatable bonds is 5. The lowest BCUT2D eigenvalue weighted by molar-refractivity contribution is -0.304. The van der Waals surface area contributed by atoms with E-state index in [-0.39, 0.29) is 12.0 Å². The van der Waals surface area contributed by atoms with Crippen molar-refractivity contribution in [2.24, 2.45) is 0 Å². The van der Waals surface area contributed by atoms with E-state index in [1.165, 1.54) is 0 Å². The number of aliphatic carboxylic acids is 1. The van der Waals surface area contributed by atoms with Crippen molar-refractivity contribution in [3.8, 4) is 11.1 Å². The number of hydrogen-bond donors (Lipinski definition) is 1. The fourth-order valence-electron chi connectivity index (χ4n) is 3.36. The van der Waals surface area contributed by atoms with Gasteiger partial charge in [0.05, 0.1) is 30.8 Å². The van der Waals surface area contributed by atoms with Gasteiger partial charge in [0.1, 0.15) is 11.2 Å². The second kappa shape index (κ2) is 7.79. The molecule has 0 radical (unpaired) electrons. The first-order chi connectivity index (χ1) is 14.3. The summed E-state index contributed by atoms with van der Waals surface area (Å²) in [4.78, 5) is 34.9. The van der Waals surface area contributed by atoms with Crippen LogP contribution in [0.4, 0.5) is 0 Å². The molecule has 30 heavy (non-hydrogen) atoms. The van der Waals surface area contributed by atoms with Crippen LogP contribution in [0.5, 0.6) is 0 Å². The number of carboxylic acids is 1. The lowest BCUT2D eigenvalue weighted by Gasteiger charge is -2.09. The minimum atomic E-state index is -1.41. The summed E-state index contributed by atoms with van der Waals surface area (Å²) in [6.45, 7) is 1.11. The molecule has 0 bridgehead atoms. The molecule has 0 saturated carbocycles. The van der Waals surface area contributed by atoms with Crippen molar-refractivity contribution in [1.82, 2.24) is 5.32 Å². The van der Waals surface area contributed by atoms with Crippen molar-refractivity contribution in [3.05, 3.63) is 68.7 Å². The highest BCUT2D eigenvalue weighted by Gasteiger charge is 2.17. The van der Waals surface area contributed by atoms with Crippen LogP contribution in [0.15, 0.2) is 60.8 Å². The van der Waals surface area contributed by atoms with Crippen molar-refractivity contribution < 1.29 is 23.5 Å². The van der Waals surface area contributed by atoms with Gasteiger partial charge in [-0.1, -0.05) is 28.1 Å². The highest BCUT2D eigenvalue weighted by atomic mass is 79.9. The first-order valence-electron chi connectivity index (χ1n) is 9.03. The van der Waals surface area contributed by atoms with Crippen LogP contribution < -0.4 is 16.0 Å². The molecule has 4 rings (SSSR count). The van der Waals surface area contributed by atoms with Crippen molar-refractivity contribution in [1.29, 1.82) is 0 Å². The maximum absolute atomic E-state index is 12.4. The van der Waals surface area contributed by atoms with E-state index in [0.29, 0.717) is 22.1 Å². The van der Waals surface area contributed by atoms with Gasteiger partial charge in [-0.25, -0.2) is 4.79 Å². The Morgan fingerprint density at radius 2 is 1.83 bits per heavy atom. The van der Waals surface area contributed by atoms with Crippen molar-refractivity contribution >= 4 is 49.7 Å². The Kier molecular flexibility index (Phi) is 5.17. The summed E-state index contributed by atoms with van der Waals surface area (Å²) in [7, 11) is 0. The standard InChI is InChI=1S/C22H16BrNO6/c1-11-14-6-16-17(12-2-4-13(23)5-3-12)10-29-18(16)8-19(14)30-22(28)15(11)7-20(25)24-9-21(26)27/h2-6,8,10H,7,9H2,1H3,(H,24,25)(H,26,27)/p-1.